The van der Waals surface area contributed by atoms with Crippen molar-refractivity contribution in [2.45, 2.75) is 39.4 Å². The Hall–Kier alpha value is -2.34. The van der Waals surface area contributed by atoms with E-state index in [0.717, 1.165) is 22.8 Å². The molecular weight excluding hydrogens is 318 g/mol. The van der Waals surface area contributed by atoms with Gasteiger partial charge in [0.1, 0.15) is 17.5 Å². The summed E-state index contributed by atoms with van der Waals surface area (Å²) in [6.07, 6.45) is -0.593. The van der Waals surface area contributed by atoms with E-state index in [4.69, 9.17) is 14.5 Å². The van der Waals surface area contributed by atoms with Crippen molar-refractivity contribution in [2.24, 2.45) is 0 Å². The second-order valence-corrected chi connectivity index (χ2v) is 7.25. The van der Waals surface area contributed by atoms with Gasteiger partial charge in [0.15, 0.2) is 0 Å². The maximum atomic E-state index is 12.3. The number of benzene rings is 1. The topological polar surface area (TPSA) is 67.5 Å². The Morgan fingerprint density at radius 1 is 1.32 bits per heavy atom. The van der Waals surface area contributed by atoms with Crippen LogP contribution in [0.1, 0.15) is 38.4 Å². The van der Waals surface area contributed by atoms with Crippen molar-refractivity contribution in [1.29, 1.82) is 0 Å². The smallest absolute Gasteiger partial charge is 0.410 e. The van der Waals surface area contributed by atoms with Crippen molar-refractivity contribution in [3.8, 4) is 11.3 Å². The number of hydrogen-bond acceptors (Lipinski definition) is 4. The van der Waals surface area contributed by atoms with Gasteiger partial charge in [-0.15, -0.1) is 0 Å². The third-order valence-corrected chi connectivity index (χ3v) is 3.97. The number of H-pyrrole nitrogens is 1. The van der Waals surface area contributed by atoms with Crippen molar-refractivity contribution in [3.05, 3.63) is 41.9 Å². The molecule has 134 valence electrons. The molecule has 2 heterocycles. The van der Waals surface area contributed by atoms with Gasteiger partial charge in [0.25, 0.3) is 0 Å². The number of carbonyl (C=O) groups excluding carboxylic acids is 1. The molecule has 1 atom stereocenters. The third-order valence-electron chi connectivity index (χ3n) is 3.97. The van der Waals surface area contributed by atoms with Gasteiger partial charge in [-0.1, -0.05) is 30.3 Å². The molecule has 6 nitrogen and oxygen atoms in total. The number of aromatic amines is 1. The van der Waals surface area contributed by atoms with E-state index >= 15 is 0 Å². The Bertz CT molecular complexity index is 734. The zero-order valence-corrected chi connectivity index (χ0v) is 15.2. The molecule has 1 aromatic heterocycles. The second kappa shape index (κ2) is 6.88. The lowest BCUT2D eigenvalue weighted by Gasteiger charge is -2.33. The normalized spacial score (nSPS) is 18.2. The van der Waals surface area contributed by atoms with Crippen molar-refractivity contribution in [2.75, 3.05) is 19.7 Å². The summed E-state index contributed by atoms with van der Waals surface area (Å²) in [5, 5.41) is 0. The molecule has 1 aromatic carbocycles. The lowest BCUT2D eigenvalue weighted by molar-refractivity contribution is -0.0460. The first-order chi connectivity index (χ1) is 11.8. The molecule has 1 amide bonds. The molecule has 25 heavy (non-hydrogen) atoms. The van der Waals surface area contributed by atoms with Gasteiger partial charge in [0.2, 0.25) is 0 Å². The highest BCUT2D eigenvalue weighted by atomic mass is 16.6. The first-order valence-corrected chi connectivity index (χ1v) is 8.55. The lowest BCUT2D eigenvalue weighted by Crippen LogP contribution is -2.44. The zero-order chi connectivity index (χ0) is 18.0. The zero-order valence-electron chi connectivity index (χ0n) is 15.2. The van der Waals surface area contributed by atoms with Crippen LogP contribution in [0.4, 0.5) is 4.79 Å². The highest BCUT2D eigenvalue weighted by molar-refractivity contribution is 5.68. The largest absolute Gasteiger partial charge is 0.444 e. The number of imidazole rings is 1. The van der Waals surface area contributed by atoms with Gasteiger partial charge in [-0.2, -0.15) is 0 Å². The number of nitrogens with one attached hydrogen (secondary N) is 1. The van der Waals surface area contributed by atoms with Crippen LogP contribution in [0.5, 0.6) is 0 Å². The molecule has 0 saturated carbocycles. The van der Waals surface area contributed by atoms with E-state index in [2.05, 4.69) is 4.98 Å². The number of aryl methyl sites for hydroxylation is 1. The monoisotopic (exact) mass is 343 g/mol. The van der Waals surface area contributed by atoms with Gasteiger partial charge in [-0.3, -0.25) is 0 Å². The van der Waals surface area contributed by atoms with E-state index in [1.165, 1.54) is 0 Å². The molecule has 0 aliphatic carbocycles. The van der Waals surface area contributed by atoms with E-state index in [1.807, 2.05) is 58.0 Å². The fourth-order valence-corrected chi connectivity index (χ4v) is 2.82. The molecule has 0 spiro atoms. The Kier molecular flexibility index (Phi) is 4.81. The van der Waals surface area contributed by atoms with Crippen LogP contribution in [0.2, 0.25) is 0 Å². The number of aromatic nitrogens is 2. The average Bonchev–Trinajstić information content (AvgIpc) is 2.96. The van der Waals surface area contributed by atoms with Crippen LogP contribution < -0.4 is 0 Å². The maximum absolute atomic E-state index is 12.3. The van der Waals surface area contributed by atoms with Crippen LogP contribution in [0.3, 0.4) is 0 Å². The molecule has 1 saturated heterocycles. The quantitative estimate of drug-likeness (QED) is 0.903. The fraction of sp³-hybridized carbons (Fsp3) is 0.474. The molecule has 2 aromatic rings. The summed E-state index contributed by atoms with van der Waals surface area (Å²) in [5.41, 5.74) is 2.45. The summed E-state index contributed by atoms with van der Waals surface area (Å²) in [5.74, 6) is 0.740. The number of carbonyl (C=O) groups is 1. The van der Waals surface area contributed by atoms with Crippen LogP contribution in [-0.4, -0.2) is 46.3 Å². The predicted octanol–water partition coefficient (Wildman–Crippen LogP) is 3.69. The van der Waals surface area contributed by atoms with Gasteiger partial charge in [0.05, 0.1) is 18.8 Å². The predicted molar refractivity (Wildman–Crippen MR) is 95.3 cm³/mol. The Balaban J connectivity index is 1.75. The van der Waals surface area contributed by atoms with Gasteiger partial charge in [0, 0.05) is 17.8 Å². The molecule has 1 N–H and O–H groups in total. The van der Waals surface area contributed by atoms with Gasteiger partial charge in [-0.25, -0.2) is 9.78 Å². The molecule has 0 radical (unpaired) electrons. The maximum Gasteiger partial charge on any atom is 0.410 e. The first kappa shape index (κ1) is 17.5. The van der Waals surface area contributed by atoms with Crippen LogP contribution in [0.25, 0.3) is 11.3 Å². The fourth-order valence-electron chi connectivity index (χ4n) is 2.82. The van der Waals surface area contributed by atoms with Gasteiger partial charge < -0.3 is 19.4 Å². The number of ether oxygens (including phenoxy) is 2. The second-order valence-electron chi connectivity index (χ2n) is 7.25. The number of morpholine rings is 1. The summed E-state index contributed by atoms with van der Waals surface area (Å²) in [6.45, 7) is 9.00. The third kappa shape index (κ3) is 4.20. The van der Waals surface area contributed by atoms with E-state index in [1.54, 1.807) is 4.90 Å². The average molecular weight is 343 g/mol. The number of amides is 1. The minimum Gasteiger partial charge on any atom is -0.444 e. The minimum atomic E-state index is -0.507. The van der Waals surface area contributed by atoms with Crippen LogP contribution in [0, 0.1) is 6.92 Å². The van der Waals surface area contributed by atoms with E-state index < -0.39 is 5.60 Å². The summed E-state index contributed by atoms with van der Waals surface area (Å²) in [7, 11) is 0. The van der Waals surface area contributed by atoms with Crippen molar-refractivity contribution < 1.29 is 14.3 Å². The summed E-state index contributed by atoms with van der Waals surface area (Å²) >= 11 is 0. The van der Waals surface area contributed by atoms with Crippen molar-refractivity contribution in [1.82, 2.24) is 14.9 Å². The highest BCUT2D eigenvalue weighted by Gasteiger charge is 2.30. The molecular formula is C19H25N3O3. The first-order valence-electron chi connectivity index (χ1n) is 8.55. The van der Waals surface area contributed by atoms with E-state index in [-0.39, 0.29) is 12.2 Å². The van der Waals surface area contributed by atoms with Crippen LogP contribution >= 0.6 is 0 Å². The molecule has 0 bridgehead atoms. The van der Waals surface area contributed by atoms with Gasteiger partial charge >= 0.3 is 6.09 Å². The minimum absolute atomic E-state index is 0.280. The molecule has 3 rings (SSSR count). The number of nitrogens with zero attached hydrogens (tertiary/aromatic N) is 2. The molecule has 1 aliphatic heterocycles. The summed E-state index contributed by atoms with van der Waals surface area (Å²) in [6, 6.07) is 10.0. The summed E-state index contributed by atoms with van der Waals surface area (Å²) in [4.78, 5) is 22.0. The SMILES string of the molecule is Cc1[nH]c(C2CN(C(=O)OC(C)(C)C)CCO2)nc1-c1ccccc1. The Labute approximate surface area is 148 Å². The standard InChI is InChI=1S/C19H25N3O3/c1-13-16(14-8-6-5-7-9-14)21-17(20-13)15-12-22(10-11-24-15)18(23)25-19(2,3)4/h5-9,15H,10-12H2,1-4H3,(H,20,21). The highest BCUT2D eigenvalue weighted by Crippen LogP contribution is 2.27. The Morgan fingerprint density at radius 2 is 2.04 bits per heavy atom. The number of hydrogen-bond donors (Lipinski definition) is 1. The molecule has 6 heteroatoms. The number of rotatable bonds is 2. The molecule has 1 fully saturated rings. The summed E-state index contributed by atoms with van der Waals surface area (Å²) < 4.78 is 11.3. The Morgan fingerprint density at radius 3 is 2.72 bits per heavy atom. The van der Waals surface area contributed by atoms with Gasteiger partial charge in [-0.05, 0) is 27.7 Å². The van der Waals surface area contributed by atoms with Crippen molar-refractivity contribution >= 4 is 6.09 Å². The van der Waals surface area contributed by atoms with Crippen LogP contribution in [0.15, 0.2) is 30.3 Å². The van der Waals surface area contributed by atoms with E-state index in [9.17, 15) is 4.79 Å². The van der Waals surface area contributed by atoms with Crippen LogP contribution in [-0.2, 0) is 9.47 Å². The molecule has 1 unspecified atom stereocenters. The van der Waals surface area contributed by atoms with E-state index in [0.29, 0.717) is 19.7 Å². The molecule has 1 aliphatic rings. The van der Waals surface area contributed by atoms with Crippen molar-refractivity contribution in [3.63, 3.8) is 0 Å². The lowest BCUT2D eigenvalue weighted by atomic mass is 10.1.